The van der Waals surface area contributed by atoms with Crippen molar-refractivity contribution in [3.63, 3.8) is 0 Å². The van der Waals surface area contributed by atoms with Crippen LogP contribution in [0.4, 0.5) is 5.69 Å². The number of nitrogens with zero attached hydrogens (tertiary/aromatic N) is 1. The maximum Gasteiger partial charge on any atom is 0.125 e. The second kappa shape index (κ2) is 4.16. The monoisotopic (exact) mass is 255 g/mol. The Morgan fingerprint density at radius 1 is 1.26 bits per heavy atom. The summed E-state index contributed by atoms with van der Waals surface area (Å²) in [4.78, 5) is 2.47. The lowest BCUT2D eigenvalue weighted by Crippen LogP contribution is -2.28. The van der Waals surface area contributed by atoms with Crippen molar-refractivity contribution in [1.82, 2.24) is 0 Å². The predicted octanol–water partition coefficient (Wildman–Crippen LogP) is 3.97. The molecule has 0 aromatic heterocycles. The van der Waals surface area contributed by atoms with Gasteiger partial charge >= 0.3 is 0 Å². The second-order valence-corrected chi connectivity index (χ2v) is 5.92. The van der Waals surface area contributed by atoms with Gasteiger partial charge in [-0.15, -0.1) is 0 Å². The van der Waals surface area contributed by atoms with Crippen molar-refractivity contribution in [1.29, 1.82) is 0 Å². The van der Waals surface area contributed by atoms with Crippen LogP contribution >= 0.6 is 0 Å². The molecule has 0 saturated carbocycles. The molecular weight excluding hydrogens is 234 g/mol. The lowest BCUT2D eigenvalue weighted by molar-refractivity contribution is 0.399. The summed E-state index contributed by atoms with van der Waals surface area (Å²) >= 11 is 0. The summed E-state index contributed by atoms with van der Waals surface area (Å²) in [7, 11) is 1.77. The Hall–Kier alpha value is -1.70. The SMILES string of the molecule is CCN1CC(C)(C)c2c(OC)cc3ccccc3c21. The van der Waals surface area contributed by atoms with Crippen molar-refractivity contribution < 1.29 is 4.74 Å². The second-order valence-electron chi connectivity index (χ2n) is 5.92. The van der Waals surface area contributed by atoms with Crippen molar-refractivity contribution in [2.45, 2.75) is 26.2 Å². The van der Waals surface area contributed by atoms with E-state index < -0.39 is 0 Å². The van der Waals surface area contributed by atoms with E-state index in [2.05, 4.69) is 56.0 Å². The summed E-state index contributed by atoms with van der Waals surface area (Å²) in [6, 6.07) is 10.8. The molecule has 0 bridgehead atoms. The minimum absolute atomic E-state index is 0.140. The lowest BCUT2D eigenvalue weighted by atomic mass is 9.85. The molecular formula is C17H21NO. The van der Waals surface area contributed by atoms with E-state index >= 15 is 0 Å². The van der Waals surface area contributed by atoms with Crippen LogP contribution in [-0.4, -0.2) is 20.2 Å². The highest BCUT2D eigenvalue weighted by molar-refractivity contribution is 5.99. The van der Waals surface area contributed by atoms with Crippen LogP contribution in [0, 0.1) is 0 Å². The van der Waals surface area contributed by atoms with Crippen LogP contribution in [0.3, 0.4) is 0 Å². The molecule has 19 heavy (non-hydrogen) atoms. The van der Waals surface area contributed by atoms with Gasteiger partial charge in [-0.25, -0.2) is 0 Å². The average Bonchev–Trinajstić information content (AvgIpc) is 2.70. The first-order valence-electron chi connectivity index (χ1n) is 6.93. The first-order chi connectivity index (χ1) is 9.08. The van der Waals surface area contributed by atoms with E-state index in [1.807, 2.05) is 0 Å². The molecule has 0 amide bonds. The van der Waals surface area contributed by atoms with E-state index in [1.165, 1.54) is 22.0 Å². The Balaban J connectivity index is 2.42. The maximum atomic E-state index is 5.67. The van der Waals surface area contributed by atoms with Gasteiger partial charge in [0.25, 0.3) is 0 Å². The fourth-order valence-corrected chi connectivity index (χ4v) is 3.35. The molecule has 2 aromatic carbocycles. The molecule has 0 unspecified atom stereocenters. The summed E-state index contributed by atoms with van der Waals surface area (Å²) in [5.74, 6) is 1.02. The zero-order valence-electron chi connectivity index (χ0n) is 12.2. The molecule has 1 aliphatic rings. The van der Waals surface area contributed by atoms with Gasteiger partial charge < -0.3 is 9.64 Å². The fourth-order valence-electron chi connectivity index (χ4n) is 3.35. The van der Waals surface area contributed by atoms with Crippen LogP contribution < -0.4 is 9.64 Å². The number of hydrogen-bond donors (Lipinski definition) is 0. The highest BCUT2D eigenvalue weighted by atomic mass is 16.5. The maximum absolute atomic E-state index is 5.67. The minimum atomic E-state index is 0.140. The van der Waals surface area contributed by atoms with E-state index in [1.54, 1.807) is 7.11 Å². The number of fused-ring (bicyclic) bond motifs is 3. The van der Waals surface area contributed by atoms with Gasteiger partial charge in [0, 0.05) is 29.5 Å². The molecule has 2 nitrogen and oxygen atoms in total. The van der Waals surface area contributed by atoms with Gasteiger partial charge in [-0.2, -0.15) is 0 Å². The highest BCUT2D eigenvalue weighted by Gasteiger charge is 2.38. The number of likely N-dealkylation sites (N-methyl/N-ethyl adjacent to an activating group) is 1. The Bertz CT molecular complexity index is 630. The van der Waals surface area contributed by atoms with Crippen molar-refractivity contribution in [2.75, 3.05) is 25.1 Å². The lowest BCUT2D eigenvalue weighted by Gasteiger charge is -2.21. The van der Waals surface area contributed by atoms with E-state index in [0.717, 1.165) is 18.8 Å². The summed E-state index contributed by atoms with van der Waals surface area (Å²) in [5, 5.41) is 2.60. The summed E-state index contributed by atoms with van der Waals surface area (Å²) in [5.41, 5.74) is 2.86. The third-order valence-corrected chi connectivity index (χ3v) is 4.17. The zero-order valence-corrected chi connectivity index (χ0v) is 12.2. The van der Waals surface area contributed by atoms with E-state index in [4.69, 9.17) is 4.74 Å². The van der Waals surface area contributed by atoms with Gasteiger partial charge in [0.1, 0.15) is 5.75 Å². The van der Waals surface area contributed by atoms with Crippen molar-refractivity contribution in [3.8, 4) is 5.75 Å². The third kappa shape index (κ3) is 1.70. The molecule has 0 spiro atoms. The quantitative estimate of drug-likeness (QED) is 0.805. The minimum Gasteiger partial charge on any atom is -0.496 e. The molecule has 100 valence electrons. The predicted molar refractivity (Wildman–Crippen MR) is 81.4 cm³/mol. The van der Waals surface area contributed by atoms with Crippen LogP contribution in [0.15, 0.2) is 30.3 Å². The van der Waals surface area contributed by atoms with E-state index in [9.17, 15) is 0 Å². The zero-order chi connectivity index (χ0) is 13.6. The summed E-state index contributed by atoms with van der Waals surface area (Å²) in [6.07, 6.45) is 0. The number of benzene rings is 2. The topological polar surface area (TPSA) is 12.5 Å². The van der Waals surface area contributed by atoms with Gasteiger partial charge in [0.05, 0.1) is 12.8 Å². The smallest absolute Gasteiger partial charge is 0.125 e. The molecule has 1 aliphatic heterocycles. The van der Waals surface area contributed by atoms with Crippen LogP contribution in [0.5, 0.6) is 5.75 Å². The highest BCUT2D eigenvalue weighted by Crippen LogP contribution is 2.49. The first-order valence-corrected chi connectivity index (χ1v) is 6.93. The number of rotatable bonds is 2. The molecule has 2 aromatic rings. The molecule has 1 heterocycles. The van der Waals surface area contributed by atoms with E-state index in [-0.39, 0.29) is 5.41 Å². The Kier molecular flexibility index (Phi) is 2.70. The van der Waals surface area contributed by atoms with Gasteiger partial charge in [-0.05, 0) is 18.4 Å². The summed E-state index contributed by atoms with van der Waals surface area (Å²) in [6.45, 7) is 8.92. The largest absolute Gasteiger partial charge is 0.496 e. The standard InChI is InChI=1S/C17H21NO/c1-5-18-11-17(2,3)15-14(19-4)10-12-8-6-7-9-13(12)16(15)18/h6-10H,5,11H2,1-4H3. The van der Waals surface area contributed by atoms with Gasteiger partial charge in [-0.3, -0.25) is 0 Å². The number of ether oxygens (including phenoxy) is 1. The van der Waals surface area contributed by atoms with Gasteiger partial charge in [-0.1, -0.05) is 38.1 Å². The third-order valence-electron chi connectivity index (χ3n) is 4.17. The van der Waals surface area contributed by atoms with Gasteiger partial charge in [0.2, 0.25) is 0 Å². The number of methoxy groups -OCH3 is 1. The Labute approximate surface area is 115 Å². The number of hydrogen-bond acceptors (Lipinski definition) is 2. The molecule has 0 fully saturated rings. The summed E-state index contributed by atoms with van der Waals surface area (Å²) < 4.78 is 5.67. The molecule has 0 aliphatic carbocycles. The van der Waals surface area contributed by atoms with Crippen LogP contribution in [0.2, 0.25) is 0 Å². The Morgan fingerprint density at radius 3 is 2.68 bits per heavy atom. The molecule has 0 saturated heterocycles. The van der Waals surface area contributed by atoms with Crippen LogP contribution in [0.1, 0.15) is 26.3 Å². The van der Waals surface area contributed by atoms with Crippen molar-refractivity contribution in [3.05, 3.63) is 35.9 Å². The van der Waals surface area contributed by atoms with Crippen LogP contribution in [0.25, 0.3) is 10.8 Å². The van der Waals surface area contributed by atoms with Crippen molar-refractivity contribution in [2.24, 2.45) is 0 Å². The fraction of sp³-hybridized carbons (Fsp3) is 0.412. The van der Waals surface area contributed by atoms with Crippen LogP contribution in [-0.2, 0) is 5.41 Å². The number of anilines is 1. The van der Waals surface area contributed by atoms with Crippen molar-refractivity contribution >= 4 is 16.5 Å². The molecule has 2 heteroatoms. The average molecular weight is 255 g/mol. The molecule has 0 radical (unpaired) electrons. The normalized spacial score (nSPS) is 16.7. The molecule has 3 rings (SSSR count). The van der Waals surface area contributed by atoms with E-state index in [0.29, 0.717) is 0 Å². The Morgan fingerprint density at radius 2 is 2.00 bits per heavy atom. The van der Waals surface area contributed by atoms with Gasteiger partial charge in [0.15, 0.2) is 0 Å². The molecule has 0 atom stereocenters. The first kappa shape index (κ1) is 12.3. The molecule has 0 N–H and O–H groups in total.